The lowest BCUT2D eigenvalue weighted by Crippen LogP contribution is -2.35. The molecule has 1 aromatic rings. The van der Waals surface area contributed by atoms with Crippen LogP contribution in [0.2, 0.25) is 0 Å². The lowest BCUT2D eigenvalue weighted by molar-refractivity contribution is -0.141. The third-order valence-corrected chi connectivity index (χ3v) is 3.15. The van der Waals surface area contributed by atoms with Crippen molar-refractivity contribution in [1.82, 2.24) is 14.5 Å². The van der Waals surface area contributed by atoms with E-state index in [1.54, 1.807) is 17.4 Å². The molecule has 0 aromatic carbocycles. The van der Waals surface area contributed by atoms with E-state index >= 15 is 0 Å². The summed E-state index contributed by atoms with van der Waals surface area (Å²) in [7, 11) is 1.36. The molecule has 1 amide bonds. The Morgan fingerprint density at radius 1 is 1.33 bits per heavy atom. The second kappa shape index (κ2) is 9.15. The molecule has 0 saturated carbocycles. The number of hydrogen-bond acceptors (Lipinski definition) is 4. The van der Waals surface area contributed by atoms with Gasteiger partial charge >= 0.3 is 5.97 Å². The Labute approximate surface area is 126 Å². The first-order chi connectivity index (χ1) is 10.0. The van der Waals surface area contributed by atoms with E-state index in [4.69, 9.17) is 0 Å². The third-order valence-electron chi connectivity index (χ3n) is 3.15. The van der Waals surface area contributed by atoms with Crippen molar-refractivity contribution < 1.29 is 14.3 Å². The van der Waals surface area contributed by atoms with Crippen LogP contribution in [0.1, 0.15) is 33.1 Å². The van der Waals surface area contributed by atoms with Crippen LogP contribution < -0.4 is 0 Å². The van der Waals surface area contributed by atoms with Crippen molar-refractivity contribution in [3.8, 4) is 0 Å². The number of amides is 1. The number of nitrogens with zero attached hydrogens (tertiary/aromatic N) is 3. The van der Waals surface area contributed by atoms with Crippen LogP contribution in [-0.2, 0) is 20.9 Å². The van der Waals surface area contributed by atoms with Gasteiger partial charge in [0, 0.05) is 38.4 Å². The quantitative estimate of drug-likeness (QED) is 0.651. The highest BCUT2D eigenvalue weighted by Gasteiger charge is 2.16. The van der Waals surface area contributed by atoms with Gasteiger partial charge in [-0.25, -0.2) is 4.98 Å². The second-order valence-corrected chi connectivity index (χ2v) is 5.46. The van der Waals surface area contributed by atoms with Gasteiger partial charge in [0.05, 0.1) is 19.9 Å². The molecule has 21 heavy (non-hydrogen) atoms. The molecule has 0 aliphatic carbocycles. The number of hydrogen-bond donors (Lipinski definition) is 0. The fourth-order valence-electron chi connectivity index (χ4n) is 2.03. The van der Waals surface area contributed by atoms with Gasteiger partial charge in [-0.05, 0) is 12.3 Å². The minimum Gasteiger partial charge on any atom is -0.469 e. The number of ether oxygens (including phenoxy) is 1. The zero-order chi connectivity index (χ0) is 15.7. The van der Waals surface area contributed by atoms with Crippen molar-refractivity contribution in [2.24, 2.45) is 5.92 Å². The summed E-state index contributed by atoms with van der Waals surface area (Å²) >= 11 is 0. The largest absolute Gasteiger partial charge is 0.469 e. The molecule has 6 nitrogen and oxygen atoms in total. The molecule has 1 heterocycles. The summed E-state index contributed by atoms with van der Waals surface area (Å²) in [4.78, 5) is 29.2. The first kappa shape index (κ1) is 17.2. The zero-order valence-electron chi connectivity index (χ0n) is 13.1. The van der Waals surface area contributed by atoms with Gasteiger partial charge < -0.3 is 14.2 Å². The van der Waals surface area contributed by atoms with E-state index in [1.807, 2.05) is 24.6 Å². The van der Waals surface area contributed by atoms with Gasteiger partial charge in [0.2, 0.25) is 5.91 Å². The fraction of sp³-hybridized carbons (Fsp3) is 0.667. The molecule has 0 saturated heterocycles. The molecule has 6 heteroatoms. The molecule has 0 spiro atoms. The van der Waals surface area contributed by atoms with Gasteiger partial charge in [-0.1, -0.05) is 13.8 Å². The van der Waals surface area contributed by atoms with E-state index in [0.717, 1.165) is 13.0 Å². The lowest BCUT2D eigenvalue weighted by Gasteiger charge is -2.23. The van der Waals surface area contributed by atoms with Crippen LogP contribution in [0, 0.1) is 5.92 Å². The third kappa shape index (κ3) is 6.92. The Morgan fingerprint density at radius 3 is 2.67 bits per heavy atom. The van der Waals surface area contributed by atoms with E-state index in [0.29, 0.717) is 25.4 Å². The van der Waals surface area contributed by atoms with Crippen LogP contribution in [0.5, 0.6) is 0 Å². The maximum absolute atomic E-state index is 12.2. The number of aryl methyl sites for hydroxylation is 1. The summed E-state index contributed by atoms with van der Waals surface area (Å²) in [6.07, 6.45) is 6.97. The number of carbonyl (C=O) groups excluding carboxylic acids is 2. The molecule has 0 aliphatic rings. The molecule has 0 radical (unpaired) electrons. The van der Waals surface area contributed by atoms with Crippen LogP contribution in [0.15, 0.2) is 18.7 Å². The Morgan fingerprint density at radius 2 is 2.10 bits per heavy atom. The van der Waals surface area contributed by atoms with E-state index in [9.17, 15) is 9.59 Å². The average Bonchev–Trinajstić information content (AvgIpc) is 2.94. The standard InChI is InChI=1S/C15H25N3O3/c1-13(2)11-14(19)18(9-5-15(20)21-3)8-4-7-17-10-6-16-12-17/h6,10,12-13H,4-5,7-9,11H2,1-3H3. The van der Waals surface area contributed by atoms with Crippen LogP contribution in [0.25, 0.3) is 0 Å². The van der Waals surface area contributed by atoms with Crippen LogP contribution in [-0.4, -0.2) is 46.5 Å². The topological polar surface area (TPSA) is 64.4 Å². The number of aromatic nitrogens is 2. The highest BCUT2D eigenvalue weighted by molar-refractivity contribution is 5.77. The van der Waals surface area contributed by atoms with E-state index < -0.39 is 0 Å². The maximum atomic E-state index is 12.2. The van der Waals surface area contributed by atoms with Gasteiger partial charge in [0.25, 0.3) is 0 Å². The second-order valence-electron chi connectivity index (χ2n) is 5.46. The SMILES string of the molecule is COC(=O)CCN(CCCn1ccnc1)C(=O)CC(C)C. The van der Waals surface area contributed by atoms with Crippen molar-refractivity contribution in [2.45, 2.75) is 39.7 Å². The first-order valence-electron chi connectivity index (χ1n) is 7.33. The van der Waals surface area contributed by atoms with Crippen molar-refractivity contribution in [3.63, 3.8) is 0 Å². The number of methoxy groups -OCH3 is 1. The number of esters is 1. The maximum Gasteiger partial charge on any atom is 0.307 e. The summed E-state index contributed by atoms with van der Waals surface area (Å²) < 4.78 is 6.61. The summed E-state index contributed by atoms with van der Waals surface area (Å²) in [6, 6.07) is 0. The molecule has 0 atom stereocenters. The van der Waals surface area contributed by atoms with Crippen molar-refractivity contribution in [3.05, 3.63) is 18.7 Å². The van der Waals surface area contributed by atoms with Crippen LogP contribution in [0.4, 0.5) is 0 Å². The van der Waals surface area contributed by atoms with E-state index in [2.05, 4.69) is 9.72 Å². The van der Waals surface area contributed by atoms with E-state index in [1.165, 1.54) is 7.11 Å². The van der Waals surface area contributed by atoms with Crippen LogP contribution >= 0.6 is 0 Å². The zero-order valence-corrected chi connectivity index (χ0v) is 13.1. The summed E-state index contributed by atoms with van der Waals surface area (Å²) in [5, 5.41) is 0. The summed E-state index contributed by atoms with van der Waals surface area (Å²) in [6.45, 7) is 5.90. The molecule has 1 rings (SSSR count). The summed E-state index contributed by atoms with van der Waals surface area (Å²) in [5.41, 5.74) is 0. The highest BCUT2D eigenvalue weighted by atomic mass is 16.5. The minimum absolute atomic E-state index is 0.0968. The monoisotopic (exact) mass is 295 g/mol. The molecule has 0 bridgehead atoms. The first-order valence-corrected chi connectivity index (χ1v) is 7.33. The molecule has 0 N–H and O–H groups in total. The number of imidazole rings is 1. The van der Waals surface area contributed by atoms with Crippen molar-refractivity contribution >= 4 is 11.9 Å². The van der Waals surface area contributed by atoms with Gasteiger partial charge in [-0.3, -0.25) is 9.59 Å². The molecule has 0 aliphatic heterocycles. The van der Waals surface area contributed by atoms with Gasteiger partial charge in [0.15, 0.2) is 0 Å². The lowest BCUT2D eigenvalue weighted by atomic mass is 10.1. The number of rotatable bonds is 9. The van der Waals surface area contributed by atoms with Crippen molar-refractivity contribution in [2.75, 3.05) is 20.2 Å². The molecular formula is C15H25N3O3. The molecule has 118 valence electrons. The Bertz CT molecular complexity index is 429. The van der Waals surface area contributed by atoms with E-state index in [-0.39, 0.29) is 18.3 Å². The fourth-order valence-corrected chi connectivity index (χ4v) is 2.03. The molecule has 1 aromatic heterocycles. The smallest absolute Gasteiger partial charge is 0.307 e. The minimum atomic E-state index is -0.285. The average molecular weight is 295 g/mol. The van der Waals surface area contributed by atoms with Crippen molar-refractivity contribution in [1.29, 1.82) is 0 Å². The molecule has 0 unspecified atom stereocenters. The predicted octanol–water partition coefficient (Wildman–Crippen LogP) is 1.71. The van der Waals surface area contributed by atoms with Gasteiger partial charge in [-0.2, -0.15) is 0 Å². The molecule has 0 fully saturated rings. The number of carbonyl (C=O) groups is 2. The normalized spacial score (nSPS) is 10.7. The Hall–Kier alpha value is -1.85. The van der Waals surface area contributed by atoms with Crippen LogP contribution in [0.3, 0.4) is 0 Å². The van der Waals surface area contributed by atoms with Gasteiger partial charge in [0.1, 0.15) is 0 Å². The Balaban J connectivity index is 2.45. The molecular weight excluding hydrogens is 270 g/mol. The predicted molar refractivity (Wildman–Crippen MR) is 79.5 cm³/mol. The summed E-state index contributed by atoms with van der Waals surface area (Å²) in [5.74, 6) is 0.123. The van der Waals surface area contributed by atoms with Gasteiger partial charge in [-0.15, -0.1) is 0 Å². The highest BCUT2D eigenvalue weighted by Crippen LogP contribution is 2.07. The Kier molecular flexibility index (Phi) is 7.50.